The van der Waals surface area contributed by atoms with Crippen molar-refractivity contribution in [3.05, 3.63) is 30.1 Å². The highest BCUT2D eigenvalue weighted by molar-refractivity contribution is 5.86. The second kappa shape index (κ2) is 6.89. The number of hydrogen-bond acceptors (Lipinski definition) is 3. The second-order valence-electron chi connectivity index (χ2n) is 5.85. The number of halogens is 1. The van der Waals surface area contributed by atoms with Gasteiger partial charge in [-0.25, -0.2) is 4.39 Å². The van der Waals surface area contributed by atoms with Crippen molar-refractivity contribution < 1.29 is 9.18 Å². The lowest BCUT2D eigenvalue weighted by molar-refractivity contribution is -0.126. The Bertz CT molecular complexity index is 486. The van der Waals surface area contributed by atoms with Gasteiger partial charge < -0.3 is 16.0 Å². The highest BCUT2D eigenvalue weighted by Gasteiger charge is 2.36. The van der Waals surface area contributed by atoms with Crippen molar-refractivity contribution in [1.82, 2.24) is 5.32 Å². The standard InChI is InChI=1S/C16H24FN3O/c1-20(14-8-3-2-7-13(14)17)12-6-11-19-15(21)16(18)9-4-5-10-16/h2-3,7-8H,4-6,9-12,18H2,1H3,(H,19,21). The first-order chi connectivity index (χ1) is 10.0. The molecule has 0 spiro atoms. The summed E-state index contributed by atoms with van der Waals surface area (Å²) in [4.78, 5) is 13.9. The summed E-state index contributed by atoms with van der Waals surface area (Å²) in [5.74, 6) is -0.274. The Kier molecular flexibility index (Phi) is 5.17. The molecule has 1 saturated carbocycles. The first-order valence-electron chi connectivity index (χ1n) is 7.56. The molecule has 2 rings (SSSR count). The van der Waals surface area contributed by atoms with E-state index in [0.717, 1.165) is 32.1 Å². The van der Waals surface area contributed by atoms with E-state index in [0.29, 0.717) is 18.8 Å². The van der Waals surface area contributed by atoms with Crippen molar-refractivity contribution in [2.75, 3.05) is 25.0 Å². The van der Waals surface area contributed by atoms with E-state index in [1.54, 1.807) is 12.1 Å². The van der Waals surface area contributed by atoms with Crippen LogP contribution in [0.15, 0.2) is 24.3 Å². The van der Waals surface area contributed by atoms with E-state index in [-0.39, 0.29) is 11.7 Å². The Balaban J connectivity index is 1.72. The number of carbonyl (C=O) groups excluding carboxylic acids is 1. The van der Waals surface area contributed by atoms with Crippen LogP contribution in [0.3, 0.4) is 0 Å². The molecule has 1 aromatic carbocycles. The van der Waals surface area contributed by atoms with Gasteiger partial charge in [0, 0.05) is 20.1 Å². The first kappa shape index (κ1) is 15.8. The van der Waals surface area contributed by atoms with Crippen molar-refractivity contribution in [2.45, 2.75) is 37.6 Å². The summed E-state index contributed by atoms with van der Waals surface area (Å²) < 4.78 is 13.6. The Morgan fingerprint density at radius 3 is 2.71 bits per heavy atom. The van der Waals surface area contributed by atoms with Crippen molar-refractivity contribution in [3.8, 4) is 0 Å². The molecule has 0 aromatic heterocycles. The zero-order chi connectivity index (χ0) is 15.3. The number of carbonyl (C=O) groups is 1. The van der Waals surface area contributed by atoms with Crippen LogP contribution in [0.25, 0.3) is 0 Å². The van der Waals surface area contributed by atoms with E-state index >= 15 is 0 Å². The predicted octanol–water partition coefficient (Wildman–Crippen LogP) is 2.04. The number of amides is 1. The maximum Gasteiger partial charge on any atom is 0.240 e. The molecule has 1 aliphatic rings. The van der Waals surface area contributed by atoms with Crippen LogP contribution in [0.5, 0.6) is 0 Å². The Morgan fingerprint density at radius 1 is 1.38 bits per heavy atom. The molecule has 0 atom stereocenters. The number of rotatable bonds is 6. The minimum Gasteiger partial charge on any atom is -0.372 e. The number of hydrogen-bond donors (Lipinski definition) is 2. The van der Waals surface area contributed by atoms with Gasteiger partial charge in [0.2, 0.25) is 5.91 Å². The summed E-state index contributed by atoms with van der Waals surface area (Å²) >= 11 is 0. The highest BCUT2D eigenvalue weighted by Crippen LogP contribution is 2.27. The van der Waals surface area contributed by atoms with Crippen molar-refractivity contribution >= 4 is 11.6 Å². The van der Waals surface area contributed by atoms with Crippen LogP contribution in [-0.4, -0.2) is 31.6 Å². The van der Waals surface area contributed by atoms with E-state index in [1.165, 1.54) is 6.07 Å². The summed E-state index contributed by atoms with van der Waals surface area (Å²) in [6, 6.07) is 6.69. The third-order valence-corrected chi connectivity index (χ3v) is 4.17. The fourth-order valence-corrected chi connectivity index (χ4v) is 2.81. The minimum absolute atomic E-state index is 0.0476. The van der Waals surface area contributed by atoms with Gasteiger partial charge in [-0.3, -0.25) is 4.79 Å². The Morgan fingerprint density at radius 2 is 2.05 bits per heavy atom. The molecule has 0 aliphatic heterocycles. The molecule has 1 aromatic rings. The molecule has 4 nitrogen and oxygen atoms in total. The molecule has 116 valence electrons. The van der Waals surface area contributed by atoms with Crippen LogP contribution in [0.4, 0.5) is 10.1 Å². The van der Waals surface area contributed by atoms with Crippen molar-refractivity contribution in [3.63, 3.8) is 0 Å². The molecular weight excluding hydrogens is 269 g/mol. The lowest BCUT2D eigenvalue weighted by Crippen LogP contribution is -2.52. The average molecular weight is 293 g/mol. The number of nitrogens with two attached hydrogens (primary N) is 1. The van der Waals surface area contributed by atoms with Crippen LogP contribution in [0.2, 0.25) is 0 Å². The summed E-state index contributed by atoms with van der Waals surface area (Å²) in [6.07, 6.45) is 4.36. The van der Waals surface area contributed by atoms with Crippen LogP contribution >= 0.6 is 0 Å². The maximum atomic E-state index is 13.6. The second-order valence-corrected chi connectivity index (χ2v) is 5.85. The van der Waals surface area contributed by atoms with Crippen molar-refractivity contribution in [1.29, 1.82) is 0 Å². The van der Waals surface area contributed by atoms with Crippen molar-refractivity contribution in [2.24, 2.45) is 5.73 Å². The molecule has 0 saturated heterocycles. The topological polar surface area (TPSA) is 58.4 Å². The van der Waals surface area contributed by atoms with E-state index in [2.05, 4.69) is 5.32 Å². The number of para-hydroxylation sites is 1. The largest absolute Gasteiger partial charge is 0.372 e. The highest BCUT2D eigenvalue weighted by atomic mass is 19.1. The van der Waals surface area contributed by atoms with Gasteiger partial charge in [-0.05, 0) is 31.4 Å². The number of benzene rings is 1. The van der Waals surface area contributed by atoms with Gasteiger partial charge in [-0.1, -0.05) is 25.0 Å². The number of anilines is 1. The zero-order valence-corrected chi connectivity index (χ0v) is 12.6. The third-order valence-electron chi connectivity index (χ3n) is 4.17. The van der Waals surface area contributed by atoms with Gasteiger partial charge in [0.05, 0.1) is 11.2 Å². The molecule has 1 aliphatic carbocycles. The molecular formula is C16H24FN3O. The summed E-state index contributed by atoms with van der Waals surface area (Å²) in [5, 5.41) is 2.90. The smallest absolute Gasteiger partial charge is 0.240 e. The number of nitrogens with zero attached hydrogens (tertiary/aromatic N) is 1. The molecule has 3 N–H and O–H groups in total. The first-order valence-corrected chi connectivity index (χ1v) is 7.56. The SMILES string of the molecule is CN(CCCNC(=O)C1(N)CCCC1)c1ccccc1F. The fraction of sp³-hybridized carbons (Fsp3) is 0.562. The molecule has 0 heterocycles. The molecule has 21 heavy (non-hydrogen) atoms. The molecule has 5 heteroatoms. The quantitative estimate of drug-likeness (QED) is 0.789. The van der Waals surface area contributed by atoms with E-state index < -0.39 is 5.54 Å². The Labute approximate surface area is 125 Å². The van der Waals surface area contributed by atoms with E-state index in [1.807, 2.05) is 18.0 Å². The lowest BCUT2D eigenvalue weighted by Gasteiger charge is -2.23. The van der Waals surface area contributed by atoms with Crippen LogP contribution in [-0.2, 0) is 4.79 Å². The lowest BCUT2D eigenvalue weighted by atomic mass is 9.98. The van der Waals surface area contributed by atoms with E-state index in [9.17, 15) is 9.18 Å². The molecule has 1 fully saturated rings. The van der Waals surface area contributed by atoms with Gasteiger partial charge in [-0.2, -0.15) is 0 Å². The predicted molar refractivity (Wildman–Crippen MR) is 82.7 cm³/mol. The van der Waals surface area contributed by atoms with Gasteiger partial charge in [0.15, 0.2) is 0 Å². The summed E-state index contributed by atoms with van der Waals surface area (Å²) in [7, 11) is 1.85. The molecule has 0 bridgehead atoms. The molecule has 0 unspecified atom stereocenters. The normalized spacial score (nSPS) is 16.7. The maximum absolute atomic E-state index is 13.6. The van der Waals surface area contributed by atoms with Gasteiger partial charge >= 0.3 is 0 Å². The molecule has 1 amide bonds. The minimum atomic E-state index is -0.669. The summed E-state index contributed by atoms with van der Waals surface area (Å²) in [6.45, 7) is 1.25. The monoisotopic (exact) mass is 293 g/mol. The number of nitrogens with one attached hydrogen (secondary N) is 1. The zero-order valence-electron chi connectivity index (χ0n) is 12.6. The Hall–Kier alpha value is -1.62. The van der Waals surface area contributed by atoms with Gasteiger partial charge in [0.25, 0.3) is 0 Å². The van der Waals surface area contributed by atoms with E-state index in [4.69, 9.17) is 5.73 Å². The third kappa shape index (κ3) is 3.94. The van der Waals surface area contributed by atoms with Crippen LogP contribution in [0.1, 0.15) is 32.1 Å². The fourth-order valence-electron chi connectivity index (χ4n) is 2.81. The van der Waals surface area contributed by atoms with Crippen LogP contribution < -0.4 is 16.0 Å². The molecule has 0 radical (unpaired) electrons. The van der Waals surface area contributed by atoms with Crippen LogP contribution in [0, 0.1) is 5.82 Å². The summed E-state index contributed by atoms with van der Waals surface area (Å²) in [5.41, 5.74) is 5.99. The van der Waals surface area contributed by atoms with Gasteiger partial charge in [0.1, 0.15) is 5.82 Å². The average Bonchev–Trinajstić information content (AvgIpc) is 2.92. The van der Waals surface area contributed by atoms with Gasteiger partial charge in [-0.15, -0.1) is 0 Å².